The SMILES string of the molecule is CCN(c1ccccc1)S(=O)(=O)c1ccc(C(=O)N(CC2CCCO2)c2nc3c(C)cc(C)cc3s2)cc1. The van der Waals surface area contributed by atoms with Gasteiger partial charge >= 0.3 is 0 Å². The van der Waals surface area contributed by atoms with Gasteiger partial charge in [0.15, 0.2) is 5.13 Å². The molecule has 1 aliphatic rings. The van der Waals surface area contributed by atoms with E-state index in [1.165, 1.54) is 27.8 Å². The highest BCUT2D eigenvalue weighted by Crippen LogP contribution is 2.33. The number of nitrogens with zero attached hydrogens (tertiary/aromatic N) is 3. The number of anilines is 2. The molecule has 3 aromatic carbocycles. The highest BCUT2D eigenvalue weighted by atomic mass is 32.2. The van der Waals surface area contributed by atoms with E-state index in [-0.39, 0.29) is 16.9 Å². The van der Waals surface area contributed by atoms with Crippen molar-refractivity contribution in [1.82, 2.24) is 4.98 Å². The zero-order chi connectivity index (χ0) is 26.9. The predicted octanol–water partition coefficient (Wildman–Crippen LogP) is 5.95. The third kappa shape index (κ3) is 5.18. The van der Waals surface area contributed by atoms with Crippen LogP contribution in [0.5, 0.6) is 0 Å². The molecule has 0 N–H and O–H groups in total. The molecule has 0 bridgehead atoms. The summed E-state index contributed by atoms with van der Waals surface area (Å²) in [6.07, 6.45) is 1.79. The zero-order valence-electron chi connectivity index (χ0n) is 21.8. The molecule has 1 aromatic heterocycles. The summed E-state index contributed by atoms with van der Waals surface area (Å²) in [6, 6.07) is 19.3. The molecule has 1 fully saturated rings. The number of fused-ring (bicyclic) bond motifs is 1. The van der Waals surface area contributed by atoms with Gasteiger partial charge in [-0.2, -0.15) is 0 Å². The topological polar surface area (TPSA) is 79.8 Å². The first-order valence-electron chi connectivity index (χ1n) is 12.8. The second kappa shape index (κ2) is 10.8. The number of sulfonamides is 1. The van der Waals surface area contributed by atoms with Crippen LogP contribution in [0.2, 0.25) is 0 Å². The van der Waals surface area contributed by atoms with Crippen molar-refractivity contribution in [3.05, 3.63) is 83.4 Å². The fourth-order valence-electron chi connectivity index (χ4n) is 4.85. The maximum atomic E-state index is 13.8. The van der Waals surface area contributed by atoms with Crippen LogP contribution in [0.15, 0.2) is 71.6 Å². The lowest BCUT2D eigenvalue weighted by Crippen LogP contribution is -2.37. The van der Waals surface area contributed by atoms with Gasteiger partial charge in [0.2, 0.25) is 0 Å². The normalized spacial score (nSPS) is 15.6. The number of ether oxygens (including phenoxy) is 1. The first-order chi connectivity index (χ1) is 18.3. The molecule has 1 aliphatic heterocycles. The summed E-state index contributed by atoms with van der Waals surface area (Å²) in [7, 11) is -3.79. The number of carbonyl (C=O) groups excluding carboxylic acids is 1. The number of aryl methyl sites for hydroxylation is 2. The molecule has 0 radical (unpaired) electrons. The second-order valence-corrected chi connectivity index (χ2v) is 12.4. The monoisotopic (exact) mass is 549 g/mol. The Morgan fingerprint density at radius 3 is 2.47 bits per heavy atom. The van der Waals surface area contributed by atoms with Gasteiger partial charge in [0, 0.05) is 18.7 Å². The molecule has 4 aromatic rings. The van der Waals surface area contributed by atoms with Crippen molar-refractivity contribution < 1.29 is 17.9 Å². The van der Waals surface area contributed by atoms with E-state index in [9.17, 15) is 13.2 Å². The molecule has 9 heteroatoms. The summed E-state index contributed by atoms with van der Waals surface area (Å²) < 4.78 is 35.0. The van der Waals surface area contributed by atoms with Gasteiger partial charge in [-0.25, -0.2) is 13.4 Å². The highest BCUT2D eigenvalue weighted by Gasteiger charge is 2.28. The van der Waals surface area contributed by atoms with Crippen LogP contribution < -0.4 is 9.21 Å². The van der Waals surface area contributed by atoms with E-state index < -0.39 is 10.0 Å². The molecule has 0 aliphatic carbocycles. The van der Waals surface area contributed by atoms with Crippen LogP contribution in [-0.2, 0) is 14.8 Å². The van der Waals surface area contributed by atoms with Gasteiger partial charge in [0.05, 0.1) is 33.4 Å². The van der Waals surface area contributed by atoms with Crippen LogP contribution >= 0.6 is 11.3 Å². The highest BCUT2D eigenvalue weighted by molar-refractivity contribution is 7.92. The van der Waals surface area contributed by atoms with E-state index in [1.807, 2.05) is 32.0 Å². The summed E-state index contributed by atoms with van der Waals surface area (Å²) in [5.74, 6) is -0.228. The van der Waals surface area contributed by atoms with Gasteiger partial charge in [0.1, 0.15) is 0 Å². The maximum absolute atomic E-state index is 13.8. The molecule has 38 heavy (non-hydrogen) atoms. The number of benzene rings is 3. The number of para-hydroxylation sites is 1. The molecule has 7 nitrogen and oxygen atoms in total. The first-order valence-corrected chi connectivity index (χ1v) is 15.0. The van der Waals surface area contributed by atoms with Gasteiger partial charge in [0.25, 0.3) is 15.9 Å². The minimum atomic E-state index is -3.79. The zero-order valence-corrected chi connectivity index (χ0v) is 23.4. The lowest BCUT2D eigenvalue weighted by atomic mass is 10.1. The summed E-state index contributed by atoms with van der Waals surface area (Å²) in [5.41, 5.74) is 4.11. The average Bonchev–Trinajstić information content (AvgIpc) is 3.58. The Bertz CT molecular complexity index is 1540. The van der Waals surface area contributed by atoms with Gasteiger partial charge in [-0.05, 0) is 87.2 Å². The number of aromatic nitrogens is 1. The fourth-order valence-corrected chi connectivity index (χ4v) is 7.48. The van der Waals surface area contributed by atoms with Gasteiger partial charge < -0.3 is 4.74 Å². The number of hydrogen-bond acceptors (Lipinski definition) is 6. The maximum Gasteiger partial charge on any atom is 0.264 e. The molecule has 198 valence electrons. The molecule has 5 rings (SSSR count). The summed E-state index contributed by atoms with van der Waals surface area (Å²) >= 11 is 1.49. The first kappa shape index (κ1) is 26.3. The lowest BCUT2D eigenvalue weighted by molar-refractivity contribution is 0.0917. The van der Waals surface area contributed by atoms with E-state index in [4.69, 9.17) is 9.72 Å². The summed E-state index contributed by atoms with van der Waals surface area (Å²) in [4.78, 5) is 20.5. The number of hydrogen-bond donors (Lipinski definition) is 0. The van der Waals surface area contributed by atoms with Crippen LogP contribution in [0.3, 0.4) is 0 Å². The van der Waals surface area contributed by atoms with Crippen molar-refractivity contribution in [2.45, 2.75) is 44.6 Å². The molecule has 2 heterocycles. The fraction of sp³-hybridized carbons (Fsp3) is 0.310. The van der Waals surface area contributed by atoms with E-state index >= 15 is 0 Å². The Labute approximate surface area is 227 Å². The molecule has 1 unspecified atom stereocenters. The van der Waals surface area contributed by atoms with Crippen molar-refractivity contribution in [3.8, 4) is 0 Å². The van der Waals surface area contributed by atoms with Crippen molar-refractivity contribution in [2.75, 3.05) is 28.9 Å². The third-order valence-electron chi connectivity index (χ3n) is 6.73. The van der Waals surface area contributed by atoms with E-state index in [1.54, 1.807) is 36.1 Å². The molecular weight excluding hydrogens is 518 g/mol. The Morgan fingerprint density at radius 1 is 1.08 bits per heavy atom. The number of rotatable bonds is 8. The quantitative estimate of drug-likeness (QED) is 0.271. The molecule has 1 amide bonds. The van der Waals surface area contributed by atoms with E-state index in [2.05, 4.69) is 12.1 Å². The smallest absolute Gasteiger partial charge is 0.264 e. The lowest BCUT2D eigenvalue weighted by Gasteiger charge is -2.24. The predicted molar refractivity (Wildman–Crippen MR) is 153 cm³/mol. The Kier molecular flexibility index (Phi) is 7.52. The van der Waals surface area contributed by atoms with Gasteiger partial charge in [-0.3, -0.25) is 14.0 Å². The standard InChI is InChI=1S/C29H31N3O4S2/c1-4-32(23-9-6-5-7-10-23)38(34,35)25-14-12-22(13-15-25)28(33)31(19-24-11-8-16-36-24)29-30-27-21(3)17-20(2)18-26(27)37-29/h5-7,9-10,12-15,17-18,24H,4,8,11,16,19H2,1-3H3. The molecule has 1 saturated heterocycles. The van der Waals surface area contributed by atoms with Crippen molar-refractivity contribution in [2.24, 2.45) is 0 Å². The molecule has 1 atom stereocenters. The number of carbonyl (C=O) groups is 1. The van der Waals surface area contributed by atoms with Crippen LogP contribution in [0.4, 0.5) is 10.8 Å². The third-order valence-corrected chi connectivity index (χ3v) is 9.67. The Balaban J connectivity index is 1.46. The largest absolute Gasteiger partial charge is 0.376 e. The molecular formula is C29H31N3O4S2. The van der Waals surface area contributed by atoms with Crippen molar-refractivity contribution in [3.63, 3.8) is 0 Å². The van der Waals surface area contributed by atoms with Crippen LogP contribution in [0.1, 0.15) is 41.3 Å². The Hall–Kier alpha value is -3.27. The molecule has 0 spiro atoms. The van der Waals surface area contributed by atoms with E-state index in [0.29, 0.717) is 36.1 Å². The summed E-state index contributed by atoms with van der Waals surface area (Å²) in [5, 5.41) is 0.618. The average molecular weight is 550 g/mol. The van der Waals surface area contributed by atoms with Crippen LogP contribution in [0.25, 0.3) is 10.2 Å². The molecule has 0 saturated carbocycles. The summed E-state index contributed by atoms with van der Waals surface area (Å²) in [6.45, 7) is 7.25. The number of amides is 1. The Morgan fingerprint density at radius 2 is 1.82 bits per heavy atom. The van der Waals surface area contributed by atoms with Crippen LogP contribution in [0, 0.1) is 13.8 Å². The van der Waals surface area contributed by atoms with Crippen molar-refractivity contribution >= 4 is 48.3 Å². The van der Waals surface area contributed by atoms with Crippen LogP contribution in [-0.4, -0.2) is 45.1 Å². The minimum Gasteiger partial charge on any atom is -0.376 e. The van der Waals surface area contributed by atoms with E-state index in [0.717, 1.165) is 34.2 Å². The van der Waals surface area contributed by atoms with Crippen molar-refractivity contribution in [1.29, 1.82) is 0 Å². The number of thiazole rings is 1. The second-order valence-electron chi connectivity index (χ2n) is 9.51. The van der Waals surface area contributed by atoms with Gasteiger partial charge in [-0.15, -0.1) is 0 Å². The minimum absolute atomic E-state index is 0.0579. The van der Waals surface area contributed by atoms with Gasteiger partial charge in [-0.1, -0.05) is 35.6 Å².